The lowest BCUT2D eigenvalue weighted by molar-refractivity contribution is 0.104. The summed E-state index contributed by atoms with van der Waals surface area (Å²) >= 11 is 1.67. The number of benzene rings is 1. The molecule has 0 fully saturated rings. The van der Waals surface area contributed by atoms with Crippen molar-refractivity contribution < 1.29 is 4.79 Å². The highest BCUT2D eigenvalue weighted by Gasteiger charge is 2.08. The van der Waals surface area contributed by atoms with Crippen LogP contribution in [0.25, 0.3) is 6.08 Å². The van der Waals surface area contributed by atoms with Crippen LogP contribution in [0.3, 0.4) is 0 Å². The van der Waals surface area contributed by atoms with Gasteiger partial charge in [-0.25, -0.2) is 0 Å². The van der Waals surface area contributed by atoms with Gasteiger partial charge in [-0.05, 0) is 57.5 Å². The maximum atomic E-state index is 12.2. The Balaban J connectivity index is 2.10. The van der Waals surface area contributed by atoms with Crippen molar-refractivity contribution in [2.24, 2.45) is 0 Å². The standard InChI is InChI=1S/C19H23NOS/c1-5-20(6-2)17-10-7-16(8-11-17)9-12-19(21)18-13-14(3)22-15(18)4/h7-13H,5-6H2,1-4H3/b12-9+. The number of hydrogen-bond acceptors (Lipinski definition) is 3. The number of thiophene rings is 1. The monoisotopic (exact) mass is 313 g/mol. The van der Waals surface area contributed by atoms with Crippen LogP contribution in [0.4, 0.5) is 5.69 Å². The van der Waals surface area contributed by atoms with Gasteiger partial charge in [-0.3, -0.25) is 4.79 Å². The second-order valence-electron chi connectivity index (χ2n) is 5.29. The zero-order chi connectivity index (χ0) is 16.1. The lowest BCUT2D eigenvalue weighted by atomic mass is 10.1. The number of hydrogen-bond donors (Lipinski definition) is 0. The molecular weight excluding hydrogens is 290 g/mol. The van der Waals surface area contributed by atoms with Crippen molar-refractivity contribution in [2.75, 3.05) is 18.0 Å². The molecule has 2 aromatic rings. The van der Waals surface area contributed by atoms with Crippen LogP contribution < -0.4 is 4.90 Å². The van der Waals surface area contributed by atoms with Gasteiger partial charge in [-0.15, -0.1) is 11.3 Å². The van der Waals surface area contributed by atoms with E-state index in [9.17, 15) is 4.79 Å². The van der Waals surface area contributed by atoms with E-state index in [2.05, 4.69) is 43.0 Å². The molecule has 0 unspecified atom stereocenters. The third-order valence-corrected chi connectivity index (χ3v) is 4.72. The van der Waals surface area contributed by atoms with Crippen molar-refractivity contribution in [1.29, 1.82) is 0 Å². The minimum atomic E-state index is 0.0784. The Labute approximate surface area is 137 Å². The number of carbonyl (C=O) groups excluding carboxylic acids is 1. The molecule has 22 heavy (non-hydrogen) atoms. The van der Waals surface area contributed by atoms with Crippen LogP contribution in [0.2, 0.25) is 0 Å². The predicted octanol–water partition coefficient (Wildman–Crippen LogP) is 5.11. The van der Waals surface area contributed by atoms with Gasteiger partial charge >= 0.3 is 0 Å². The van der Waals surface area contributed by atoms with Crippen LogP contribution in [-0.2, 0) is 0 Å². The highest BCUT2D eigenvalue weighted by atomic mass is 32.1. The third kappa shape index (κ3) is 3.86. The second kappa shape index (κ2) is 7.41. The highest BCUT2D eigenvalue weighted by Crippen LogP contribution is 2.22. The molecule has 1 aromatic carbocycles. The molecule has 2 nitrogen and oxygen atoms in total. The largest absolute Gasteiger partial charge is 0.372 e. The summed E-state index contributed by atoms with van der Waals surface area (Å²) in [5, 5.41) is 0. The highest BCUT2D eigenvalue weighted by molar-refractivity contribution is 7.12. The molecule has 0 saturated carbocycles. The van der Waals surface area contributed by atoms with Crippen LogP contribution in [0.15, 0.2) is 36.4 Å². The first-order chi connectivity index (χ1) is 10.5. The lowest BCUT2D eigenvalue weighted by Gasteiger charge is -2.20. The van der Waals surface area contributed by atoms with E-state index < -0.39 is 0 Å². The minimum absolute atomic E-state index is 0.0784. The van der Waals surface area contributed by atoms with Crippen molar-refractivity contribution in [3.8, 4) is 0 Å². The van der Waals surface area contributed by atoms with E-state index in [-0.39, 0.29) is 5.78 Å². The SMILES string of the molecule is CCN(CC)c1ccc(/C=C/C(=O)c2cc(C)sc2C)cc1. The van der Waals surface area contributed by atoms with Crippen LogP contribution >= 0.6 is 11.3 Å². The molecule has 0 atom stereocenters. The number of anilines is 1. The van der Waals surface area contributed by atoms with Gasteiger partial charge in [0.15, 0.2) is 5.78 Å². The molecule has 1 heterocycles. The molecular formula is C19H23NOS. The van der Waals surface area contributed by atoms with Gasteiger partial charge in [-0.2, -0.15) is 0 Å². The zero-order valence-electron chi connectivity index (χ0n) is 13.7. The summed E-state index contributed by atoms with van der Waals surface area (Å²) in [7, 11) is 0. The van der Waals surface area contributed by atoms with E-state index in [4.69, 9.17) is 0 Å². The van der Waals surface area contributed by atoms with Crippen molar-refractivity contribution >= 4 is 28.9 Å². The molecule has 2 rings (SSSR count). The van der Waals surface area contributed by atoms with Gasteiger partial charge in [0.25, 0.3) is 0 Å². The van der Waals surface area contributed by atoms with E-state index in [1.807, 2.05) is 26.0 Å². The maximum Gasteiger partial charge on any atom is 0.186 e. The van der Waals surface area contributed by atoms with Crippen molar-refractivity contribution in [3.05, 3.63) is 57.3 Å². The summed E-state index contributed by atoms with van der Waals surface area (Å²) in [6.07, 6.45) is 3.56. The molecule has 0 N–H and O–H groups in total. The second-order valence-corrected chi connectivity index (χ2v) is 6.75. The number of nitrogens with zero attached hydrogens (tertiary/aromatic N) is 1. The summed E-state index contributed by atoms with van der Waals surface area (Å²) in [5.74, 6) is 0.0784. The molecule has 3 heteroatoms. The Morgan fingerprint density at radius 2 is 1.77 bits per heavy atom. The summed E-state index contributed by atoms with van der Waals surface area (Å²) < 4.78 is 0. The Bertz CT molecular complexity index is 663. The molecule has 0 radical (unpaired) electrons. The summed E-state index contributed by atoms with van der Waals surface area (Å²) in [4.78, 5) is 16.8. The molecule has 116 valence electrons. The zero-order valence-corrected chi connectivity index (χ0v) is 14.5. The molecule has 0 bridgehead atoms. The van der Waals surface area contributed by atoms with Gasteiger partial charge in [0.1, 0.15) is 0 Å². The molecule has 0 saturated heterocycles. The number of ketones is 1. The first-order valence-corrected chi connectivity index (χ1v) is 8.51. The van der Waals surface area contributed by atoms with Crippen molar-refractivity contribution in [3.63, 3.8) is 0 Å². The van der Waals surface area contributed by atoms with Crippen LogP contribution in [0, 0.1) is 13.8 Å². The van der Waals surface area contributed by atoms with E-state index in [0.29, 0.717) is 0 Å². The first-order valence-electron chi connectivity index (χ1n) is 7.69. The topological polar surface area (TPSA) is 20.3 Å². The minimum Gasteiger partial charge on any atom is -0.372 e. The molecule has 0 aliphatic rings. The van der Waals surface area contributed by atoms with Gasteiger partial charge in [0.05, 0.1) is 0 Å². The van der Waals surface area contributed by atoms with Gasteiger partial charge in [-0.1, -0.05) is 18.2 Å². The first kappa shape index (κ1) is 16.5. The summed E-state index contributed by atoms with van der Waals surface area (Å²) in [6.45, 7) is 10.3. The predicted molar refractivity (Wildman–Crippen MR) is 97.2 cm³/mol. The Kier molecular flexibility index (Phi) is 5.56. The van der Waals surface area contributed by atoms with E-state index in [1.54, 1.807) is 17.4 Å². The van der Waals surface area contributed by atoms with Crippen molar-refractivity contribution in [2.45, 2.75) is 27.7 Å². The Morgan fingerprint density at radius 3 is 2.27 bits per heavy atom. The van der Waals surface area contributed by atoms with Gasteiger partial charge in [0.2, 0.25) is 0 Å². The number of carbonyl (C=O) groups is 1. The van der Waals surface area contributed by atoms with Gasteiger partial charge in [0, 0.05) is 34.1 Å². The average Bonchev–Trinajstić information content (AvgIpc) is 2.86. The van der Waals surface area contributed by atoms with E-state index in [1.165, 1.54) is 10.6 Å². The van der Waals surface area contributed by atoms with E-state index >= 15 is 0 Å². The van der Waals surface area contributed by atoms with Crippen molar-refractivity contribution in [1.82, 2.24) is 0 Å². The summed E-state index contributed by atoms with van der Waals surface area (Å²) in [6, 6.07) is 10.3. The number of aryl methyl sites for hydroxylation is 2. The lowest BCUT2D eigenvalue weighted by Crippen LogP contribution is -2.21. The normalized spacial score (nSPS) is 11.1. The fourth-order valence-electron chi connectivity index (χ4n) is 2.52. The number of allylic oxidation sites excluding steroid dienone is 1. The molecule has 1 aromatic heterocycles. The fourth-order valence-corrected chi connectivity index (χ4v) is 3.45. The molecule has 0 amide bonds. The maximum absolute atomic E-state index is 12.2. The Hall–Kier alpha value is -1.87. The van der Waals surface area contributed by atoms with Gasteiger partial charge < -0.3 is 4.90 Å². The van der Waals surface area contributed by atoms with E-state index in [0.717, 1.165) is 29.1 Å². The molecule has 0 aliphatic carbocycles. The smallest absolute Gasteiger partial charge is 0.186 e. The average molecular weight is 313 g/mol. The number of rotatable bonds is 6. The molecule has 0 aliphatic heterocycles. The fraction of sp³-hybridized carbons (Fsp3) is 0.316. The summed E-state index contributed by atoms with van der Waals surface area (Å²) in [5.41, 5.74) is 3.09. The quantitative estimate of drug-likeness (QED) is 0.546. The van der Waals surface area contributed by atoms with Crippen LogP contribution in [0.5, 0.6) is 0 Å². The molecule has 0 spiro atoms. The van der Waals surface area contributed by atoms with Crippen LogP contribution in [-0.4, -0.2) is 18.9 Å². The van der Waals surface area contributed by atoms with Crippen LogP contribution in [0.1, 0.15) is 39.5 Å². The third-order valence-electron chi connectivity index (χ3n) is 3.76. The Morgan fingerprint density at radius 1 is 1.14 bits per heavy atom.